The first-order chi connectivity index (χ1) is 6.11. The number of allylic oxidation sites excluding steroid dienone is 1. The molecule has 0 saturated carbocycles. The Morgan fingerprint density at radius 1 is 1.38 bits per heavy atom. The number of halogens is 1. The van der Waals surface area contributed by atoms with Crippen LogP contribution in [0.25, 0.3) is 0 Å². The highest BCUT2D eigenvalue weighted by atomic mass is 35.5. The van der Waals surface area contributed by atoms with Crippen molar-refractivity contribution in [1.82, 2.24) is 0 Å². The minimum Gasteiger partial charge on any atom is -0.396 e. The summed E-state index contributed by atoms with van der Waals surface area (Å²) in [4.78, 5) is 0. The van der Waals surface area contributed by atoms with E-state index in [0.717, 1.165) is 19.3 Å². The summed E-state index contributed by atoms with van der Waals surface area (Å²) in [5.41, 5.74) is 1.17. The van der Waals surface area contributed by atoms with Crippen molar-refractivity contribution in [3.63, 3.8) is 0 Å². The number of aliphatic hydroxyl groups is 1. The maximum absolute atomic E-state index is 8.72. The molecule has 2 heteroatoms. The van der Waals surface area contributed by atoms with Gasteiger partial charge in [-0.1, -0.05) is 25.5 Å². The van der Waals surface area contributed by atoms with Crippen molar-refractivity contribution in [3.05, 3.63) is 12.2 Å². The van der Waals surface area contributed by atoms with Gasteiger partial charge in [0.05, 0.1) is 0 Å². The summed E-state index contributed by atoms with van der Waals surface area (Å²) in [7, 11) is 0. The molecule has 0 amide bonds. The van der Waals surface area contributed by atoms with Crippen LogP contribution in [0.1, 0.15) is 33.1 Å². The van der Waals surface area contributed by atoms with E-state index in [1.54, 1.807) is 0 Å². The van der Waals surface area contributed by atoms with Crippen molar-refractivity contribution in [2.75, 3.05) is 12.5 Å². The van der Waals surface area contributed by atoms with Crippen LogP contribution in [0.15, 0.2) is 12.2 Å². The predicted octanol–water partition coefficient (Wildman–Crippen LogP) is 3.22. The van der Waals surface area contributed by atoms with Crippen LogP contribution in [0.4, 0.5) is 0 Å². The van der Waals surface area contributed by atoms with E-state index in [9.17, 15) is 0 Å². The molecule has 0 rings (SSSR count). The van der Waals surface area contributed by atoms with Crippen LogP contribution < -0.4 is 0 Å². The first-order valence-electron chi connectivity index (χ1n) is 4.94. The van der Waals surface area contributed by atoms with Crippen LogP contribution in [-0.2, 0) is 0 Å². The molecule has 0 bridgehead atoms. The second-order valence-corrected chi connectivity index (χ2v) is 4.20. The van der Waals surface area contributed by atoms with Crippen LogP contribution >= 0.6 is 11.6 Å². The molecule has 0 fully saturated rings. The molecule has 0 aliphatic rings. The number of alkyl halides is 1. The normalized spacial score (nSPS) is 15.4. The van der Waals surface area contributed by atoms with E-state index < -0.39 is 0 Å². The lowest BCUT2D eigenvalue weighted by Crippen LogP contribution is -2.07. The average Bonchev–Trinajstić information content (AvgIpc) is 2.05. The predicted molar refractivity (Wildman–Crippen MR) is 59.1 cm³/mol. The Morgan fingerprint density at radius 2 is 2.00 bits per heavy atom. The first kappa shape index (κ1) is 13.0. The first-order valence-corrected chi connectivity index (χ1v) is 5.47. The van der Waals surface area contributed by atoms with Crippen molar-refractivity contribution in [2.24, 2.45) is 11.8 Å². The molecule has 0 spiro atoms. The molecule has 0 aliphatic heterocycles. The van der Waals surface area contributed by atoms with Crippen molar-refractivity contribution < 1.29 is 5.11 Å². The van der Waals surface area contributed by atoms with E-state index >= 15 is 0 Å². The van der Waals surface area contributed by atoms with Gasteiger partial charge in [0.15, 0.2) is 0 Å². The van der Waals surface area contributed by atoms with E-state index in [1.807, 2.05) is 6.92 Å². The molecule has 0 saturated heterocycles. The lowest BCUT2D eigenvalue weighted by molar-refractivity contribution is 0.255. The lowest BCUT2D eigenvalue weighted by Gasteiger charge is -2.16. The Kier molecular flexibility index (Phi) is 7.39. The third kappa shape index (κ3) is 6.11. The number of hydrogen-bond donors (Lipinski definition) is 1. The van der Waals surface area contributed by atoms with Gasteiger partial charge in [-0.05, 0) is 31.6 Å². The third-order valence-corrected chi connectivity index (χ3v) is 2.89. The quantitative estimate of drug-likeness (QED) is 0.499. The molecular weight excluding hydrogens is 184 g/mol. The summed E-state index contributed by atoms with van der Waals surface area (Å²) < 4.78 is 0. The molecule has 13 heavy (non-hydrogen) atoms. The minimum atomic E-state index is 0.291. The van der Waals surface area contributed by atoms with Crippen LogP contribution in [0.5, 0.6) is 0 Å². The molecule has 0 aromatic carbocycles. The highest BCUT2D eigenvalue weighted by Crippen LogP contribution is 2.21. The smallest absolute Gasteiger partial charge is 0.0433 e. The molecule has 0 heterocycles. The molecule has 78 valence electrons. The topological polar surface area (TPSA) is 20.2 Å². The van der Waals surface area contributed by atoms with Crippen LogP contribution in [0.2, 0.25) is 0 Å². The van der Waals surface area contributed by atoms with Gasteiger partial charge < -0.3 is 5.11 Å². The van der Waals surface area contributed by atoms with Gasteiger partial charge in [0, 0.05) is 12.5 Å². The van der Waals surface area contributed by atoms with E-state index in [4.69, 9.17) is 16.7 Å². The summed E-state index contributed by atoms with van der Waals surface area (Å²) in [6.07, 6.45) is 3.12. The Balaban J connectivity index is 3.65. The van der Waals surface area contributed by atoms with Crippen molar-refractivity contribution >= 4 is 11.6 Å². The Morgan fingerprint density at radius 3 is 2.38 bits per heavy atom. The average molecular weight is 205 g/mol. The van der Waals surface area contributed by atoms with Crippen molar-refractivity contribution in [2.45, 2.75) is 33.1 Å². The van der Waals surface area contributed by atoms with Gasteiger partial charge in [-0.2, -0.15) is 0 Å². The zero-order chi connectivity index (χ0) is 10.3. The standard InChI is InChI=1S/C11H21ClO/c1-9(2)11(8-12)5-4-10(3)6-7-13/h10-11,13H,1,4-8H2,2-3H3/t10-,11?/m0/s1. The molecule has 0 aromatic rings. The maximum Gasteiger partial charge on any atom is 0.0433 e. The highest BCUT2D eigenvalue weighted by molar-refractivity contribution is 6.18. The molecule has 2 atom stereocenters. The molecule has 1 unspecified atom stereocenters. The van der Waals surface area contributed by atoms with E-state index in [1.165, 1.54) is 5.57 Å². The third-order valence-electron chi connectivity index (χ3n) is 2.51. The lowest BCUT2D eigenvalue weighted by atomic mass is 9.92. The Bertz CT molecular complexity index is 145. The van der Waals surface area contributed by atoms with E-state index in [2.05, 4.69) is 13.5 Å². The number of hydrogen-bond acceptors (Lipinski definition) is 1. The SMILES string of the molecule is C=C(C)C(CCl)CC[C@H](C)CCO. The molecule has 0 aromatic heterocycles. The van der Waals surface area contributed by atoms with Crippen molar-refractivity contribution in [3.8, 4) is 0 Å². The summed E-state index contributed by atoms with van der Waals surface area (Å²) in [5, 5.41) is 8.72. The Labute approximate surface area is 86.8 Å². The molecule has 1 nitrogen and oxygen atoms in total. The van der Waals surface area contributed by atoms with E-state index in [-0.39, 0.29) is 0 Å². The number of aliphatic hydroxyl groups excluding tert-OH is 1. The Hall–Kier alpha value is -0.0100. The maximum atomic E-state index is 8.72. The zero-order valence-electron chi connectivity index (χ0n) is 8.72. The number of rotatable bonds is 7. The highest BCUT2D eigenvalue weighted by Gasteiger charge is 2.10. The molecule has 0 aliphatic carbocycles. The van der Waals surface area contributed by atoms with Crippen LogP contribution in [0, 0.1) is 11.8 Å². The molecule has 1 N–H and O–H groups in total. The van der Waals surface area contributed by atoms with Gasteiger partial charge in [0.2, 0.25) is 0 Å². The van der Waals surface area contributed by atoms with Crippen LogP contribution in [0.3, 0.4) is 0 Å². The summed E-state index contributed by atoms with van der Waals surface area (Å²) in [6, 6.07) is 0. The molecule has 0 radical (unpaired) electrons. The summed E-state index contributed by atoms with van der Waals surface area (Å²) in [5.74, 6) is 1.71. The second kappa shape index (κ2) is 7.40. The van der Waals surface area contributed by atoms with Gasteiger partial charge in [0.25, 0.3) is 0 Å². The minimum absolute atomic E-state index is 0.291. The fourth-order valence-corrected chi connectivity index (χ4v) is 1.72. The zero-order valence-corrected chi connectivity index (χ0v) is 9.48. The molecular formula is C11H21ClO. The van der Waals surface area contributed by atoms with E-state index in [0.29, 0.717) is 24.3 Å². The largest absolute Gasteiger partial charge is 0.396 e. The second-order valence-electron chi connectivity index (χ2n) is 3.89. The van der Waals surface area contributed by atoms with Gasteiger partial charge in [-0.3, -0.25) is 0 Å². The van der Waals surface area contributed by atoms with Crippen LogP contribution in [-0.4, -0.2) is 17.6 Å². The monoisotopic (exact) mass is 204 g/mol. The fourth-order valence-electron chi connectivity index (χ4n) is 1.31. The summed E-state index contributed by atoms with van der Waals surface area (Å²) >= 11 is 5.81. The van der Waals surface area contributed by atoms with Gasteiger partial charge >= 0.3 is 0 Å². The fraction of sp³-hybridized carbons (Fsp3) is 0.818. The van der Waals surface area contributed by atoms with Gasteiger partial charge in [-0.15, -0.1) is 11.6 Å². The van der Waals surface area contributed by atoms with Gasteiger partial charge in [0.1, 0.15) is 0 Å². The van der Waals surface area contributed by atoms with Crippen molar-refractivity contribution in [1.29, 1.82) is 0 Å². The van der Waals surface area contributed by atoms with Gasteiger partial charge in [-0.25, -0.2) is 0 Å². The summed E-state index contributed by atoms with van der Waals surface area (Å²) in [6.45, 7) is 8.41.